The van der Waals surface area contributed by atoms with Gasteiger partial charge >= 0.3 is 5.97 Å². The average molecular weight is 326 g/mol. The lowest BCUT2D eigenvalue weighted by molar-refractivity contribution is 0.0697. The maximum Gasteiger partial charge on any atom is 0.337 e. The number of nitrogens with zero attached hydrogens (tertiary/aromatic N) is 1. The summed E-state index contributed by atoms with van der Waals surface area (Å²) < 4.78 is 24.4. The molecule has 0 radical (unpaired) electrons. The van der Waals surface area contributed by atoms with Gasteiger partial charge in [-0.1, -0.05) is 11.6 Å². The highest BCUT2D eigenvalue weighted by Gasteiger charge is 2.18. The number of carbonyl (C=O) groups is 1. The summed E-state index contributed by atoms with van der Waals surface area (Å²) in [4.78, 5) is 14.7. The topological polar surface area (TPSA) is 84.3 Å². The van der Waals surface area contributed by atoms with Crippen molar-refractivity contribution in [3.05, 3.63) is 58.9 Å². The fourth-order valence-electron chi connectivity index (χ4n) is 1.78. The first-order valence-corrected chi connectivity index (χ1v) is 8.08. The van der Waals surface area contributed by atoms with Crippen molar-refractivity contribution in [3.63, 3.8) is 0 Å². The molecule has 0 fully saturated rings. The molecule has 0 aliphatic rings. The maximum atomic E-state index is 12.2. The first kappa shape index (κ1) is 15.5. The van der Waals surface area contributed by atoms with Gasteiger partial charge in [-0.15, -0.1) is 0 Å². The van der Waals surface area contributed by atoms with Gasteiger partial charge in [0.1, 0.15) is 0 Å². The van der Waals surface area contributed by atoms with Crippen molar-refractivity contribution in [2.75, 3.05) is 5.75 Å². The van der Waals surface area contributed by atoms with Gasteiger partial charge in [0.2, 0.25) is 0 Å². The minimum absolute atomic E-state index is 0.0200. The second-order valence-electron chi connectivity index (χ2n) is 4.37. The summed E-state index contributed by atoms with van der Waals surface area (Å²) in [7, 11) is -3.52. The fraction of sp³-hybridized carbons (Fsp3) is 0.143. The summed E-state index contributed by atoms with van der Waals surface area (Å²) in [6, 6.07) is 7.13. The van der Waals surface area contributed by atoms with Crippen molar-refractivity contribution in [3.8, 4) is 0 Å². The molecule has 1 aromatic heterocycles. The van der Waals surface area contributed by atoms with Crippen LogP contribution in [0.1, 0.15) is 15.9 Å². The normalized spacial score (nSPS) is 11.3. The largest absolute Gasteiger partial charge is 0.478 e. The minimum Gasteiger partial charge on any atom is -0.478 e. The Hall–Kier alpha value is -1.92. The SMILES string of the molecule is O=C(O)c1ccc(S(=O)(=O)CCc2ccncc2)cc1Cl. The van der Waals surface area contributed by atoms with Crippen LogP contribution in [-0.2, 0) is 16.3 Å². The Balaban J connectivity index is 2.20. The van der Waals surface area contributed by atoms with Gasteiger partial charge in [-0.25, -0.2) is 13.2 Å². The number of rotatable bonds is 5. The molecule has 0 saturated heterocycles. The van der Waals surface area contributed by atoms with E-state index >= 15 is 0 Å². The van der Waals surface area contributed by atoms with Gasteiger partial charge in [0, 0.05) is 12.4 Å². The van der Waals surface area contributed by atoms with Gasteiger partial charge in [-0.05, 0) is 42.3 Å². The summed E-state index contributed by atoms with van der Waals surface area (Å²) >= 11 is 5.79. The van der Waals surface area contributed by atoms with E-state index in [4.69, 9.17) is 16.7 Å². The molecule has 5 nitrogen and oxygen atoms in total. The van der Waals surface area contributed by atoms with Crippen LogP contribution in [0.25, 0.3) is 0 Å². The van der Waals surface area contributed by atoms with Crippen LogP contribution in [0.4, 0.5) is 0 Å². The molecule has 1 heterocycles. The van der Waals surface area contributed by atoms with Crippen LogP contribution in [-0.4, -0.2) is 30.2 Å². The third-order valence-electron chi connectivity index (χ3n) is 2.94. The highest BCUT2D eigenvalue weighted by atomic mass is 35.5. The fourth-order valence-corrected chi connectivity index (χ4v) is 3.42. The zero-order chi connectivity index (χ0) is 15.5. The van der Waals surface area contributed by atoms with Crippen molar-refractivity contribution in [2.45, 2.75) is 11.3 Å². The number of pyridine rings is 1. The lowest BCUT2D eigenvalue weighted by Crippen LogP contribution is -2.10. The third-order valence-corrected chi connectivity index (χ3v) is 4.97. The molecule has 2 rings (SSSR count). The number of benzene rings is 1. The second kappa shape index (κ2) is 6.24. The van der Waals surface area contributed by atoms with E-state index in [1.54, 1.807) is 24.5 Å². The van der Waals surface area contributed by atoms with Crippen molar-refractivity contribution >= 4 is 27.4 Å². The van der Waals surface area contributed by atoms with Crippen LogP contribution in [0, 0.1) is 0 Å². The summed E-state index contributed by atoms with van der Waals surface area (Å²) in [5.74, 6) is -1.28. The molecule has 110 valence electrons. The van der Waals surface area contributed by atoms with Crippen LogP contribution < -0.4 is 0 Å². The Bertz CT molecular complexity index is 760. The molecule has 2 aromatic rings. The van der Waals surface area contributed by atoms with Crippen LogP contribution in [0.2, 0.25) is 5.02 Å². The minimum atomic E-state index is -3.52. The number of aryl methyl sites for hydroxylation is 1. The molecule has 21 heavy (non-hydrogen) atoms. The first-order chi connectivity index (χ1) is 9.90. The van der Waals surface area contributed by atoms with E-state index in [0.717, 1.165) is 5.56 Å². The smallest absolute Gasteiger partial charge is 0.337 e. The van der Waals surface area contributed by atoms with Gasteiger partial charge in [0.05, 0.1) is 21.2 Å². The maximum absolute atomic E-state index is 12.2. The van der Waals surface area contributed by atoms with Gasteiger partial charge in [-0.2, -0.15) is 0 Å². The molecule has 0 amide bonds. The molecule has 7 heteroatoms. The van der Waals surface area contributed by atoms with Gasteiger partial charge in [0.25, 0.3) is 0 Å². The molecular formula is C14H12ClNO4S. The molecule has 0 aliphatic carbocycles. The van der Waals surface area contributed by atoms with E-state index < -0.39 is 15.8 Å². The first-order valence-electron chi connectivity index (χ1n) is 6.04. The number of carboxylic acids is 1. The number of sulfone groups is 1. The molecule has 0 unspecified atom stereocenters. The van der Waals surface area contributed by atoms with Crippen LogP contribution in [0.15, 0.2) is 47.6 Å². The quantitative estimate of drug-likeness (QED) is 0.912. The molecule has 0 atom stereocenters. The predicted octanol–water partition coefficient (Wildman–Crippen LogP) is 2.45. The Morgan fingerprint density at radius 1 is 1.19 bits per heavy atom. The van der Waals surface area contributed by atoms with Gasteiger partial charge in [0.15, 0.2) is 9.84 Å². The summed E-state index contributed by atoms with van der Waals surface area (Å²) in [5, 5.41) is 8.78. The summed E-state index contributed by atoms with van der Waals surface area (Å²) in [6.07, 6.45) is 3.55. The number of halogens is 1. The lowest BCUT2D eigenvalue weighted by Gasteiger charge is -2.06. The van der Waals surface area contributed by atoms with E-state index in [-0.39, 0.29) is 21.2 Å². The van der Waals surface area contributed by atoms with E-state index in [2.05, 4.69) is 4.98 Å². The molecule has 0 spiro atoms. The van der Waals surface area contributed by atoms with Crippen LogP contribution >= 0.6 is 11.6 Å². The Kier molecular flexibility index (Phi) is 4.59. The Labute approximate surface area is 127 Å². The highest BCUT2D eigenvalue weighted by molar-refractivity contribution is 7.91. The van der Waals surface area contributed by atoms with E-state index in [1.165, 1.54) is 18.2 Å². The van der Waals surface area contributed by atoms with Crippen LogP contribution in [0.3, 0.4) is 0 Å². The monoisotopic (exact) mass is 325 g/mol. The third kappa shape index (κ3) is 3.80. The molecule has 1 N–H and O–H groups in total. The average Bonchev–Trinajstić information content (AvgIpc) is 2.46. The summed E-state index contributed by atoms with van der Waals surface area (Å²) in [5.41, 5.74) is 0.742. The molecule has 0 bridgehead atoms. The molecule has 1 aromatic carbocycles. The van der Waals surface area contributed by atoms with E-state index in [1.807, 2.05) is 0 Å². The molecule has 0 aliphatic heterocycles. The van der Waals surface area contributed by atoms with Crippen molar-refractivity contribution in [1.29, 1.82) is 0 Å². The Morgan fingerprint density at radius 3 is 2.43 bits per heavy atom. The van der Waals surface area contributed by atoms with E-state index in [0.29, 0.717) is 6.42 Å². The zero-order valence-corrected chi connectivity index (χ0v) is 12.4. The van der Waals surface area contributed by atoms with Crippen LogP contribution in [0.5, 0.6) is 0 Å². The second-order valence-corrected chi connectivity index (χ2v) is 6.89. The number of carboxylic acid groups (broad SMARTS) is 1. The molecular weight excluding hydrogens is 314 g/mol. The van der Waals surface area contributed by atoms with Crippen molar-refractivity contribution in [2.24, 2.45) is 0 Å². The standard InChI is InChI=1S/C14H12ClNO4S/c15-13-9-11(1-2-12(13)14(17)18)21(19,20)8-5-10-3-6-16-7-4-10/h1-4,6-7,9H,5,8H2,(H,17,18). The number of hydrogen-bond acceptors (Lipinski definition) is 4. The Morgan fingerprint density at radius 2 is 1.86 bits per heavy atom. The highest BCUT2D eigenvalue weighted by Crippen LogP contribution is 2.22. The number of hydrogen-bond donors (Lipinski definition) is 1. The lowest BCUT2D eigenvalue weighted by atomic mass is 10.2. The van der Waals surface area contributed by atoms with Gasteiger partial charge < -0.3 is 5.11 Å². The predicted molar refractivity (Wildman–Crippen MR) is 78.4 cm³/mol. The van der Waals surface area contributed by atoms with E-state index in [9.17, 15) is 13.2 Å². The number of aromatic nitrogens is 1. The van der Waals surface area contributed by atoms with Gasteiger partial charge in [-0.3, -0.25) is 4.98 Å². The van der Waals surface area contributed by atoms with Crippen molar-refractivity contribution < 1.29 is 18.3 Å². The summed E-state index contributed by atoms with van der Waals surface area (Å²) in [6.45, 7) is 0. The molecule has 0 saturated carbocycles. The number of aromatic carboxylic acids is 1. The van der Waals surface area contributed by atoms with Crippen molar-refractivity contribution in [1.82, 2.24) is 4.98 Å². The zero-order valence-electron chi connectivity index (χ0n) is 10.9.